The first-order chi connectivity index (χ1) is 5.24. The monoisotopic (exact) mass is 152 g/mol. The Balaban J connectivity index is 2.72. The Morgan fingerprint density at radius 1 is 1.64 bits per heavy atom. The van der Waals surface area contributed by atoms with Crippen LogP contribution in [-0.2, 0) is 9.59 Å². The molecule has 1 heterocycles. The van der Waals surface area contributed by atoms with E-state index < -0.39 is 0 Å². The summed E-state index contributed by atoms with van der Waals surface area (Å²) in [6.45, 7) is 0. The molecule has 0 fully saturated rings. The first kappa shape index (κ1) is 7.53. The van der Waals surface area contributed by atoms with Crippen LogP contribution >= 0.6 is 0 Å². The molecule has 1 N–H and O–H groups in total. The van der Waals surface area contributed by atoms with Gasteiger partial charge in [0.05, 0.1) is 5.57 Å². The summed E-state index contributed by atoms with van der Waals surface area (Å²) in [4.78, 5) is 22.2. The lowest BCUT2D eigenvalue weighted by molar-refractivity contribution is -0.116. The number of carbonyl (C=O) groups is 2. The van der Waals surface area contributed by atoms with E-state index in [1.807, 2.05) is 0 Å². The number of hydrogen-bond acceptors (Lipinski definition) is 2. The molecule has 0 bridgehead atoms. The Labute approximate surface area is 64.2 Å². The van der Waals surface area contributed by atoms with Gasteiger partial charge in [-0.2, -0.15) is 0 Å². The van der Waals surface area contributed by atoms with Crippen molar-refractivity contribution in [2.75, 3.05) is 7.05 Å². The van der Waals surface area contributed by atoms with Crippen LogP contribution in [0.1, 0.15) is 0 Å². The third-order valence-electron chi connectivity index (χ3n) is 1.25. The highest BCUT2D eigenvalue weighted by molar-refractivity contribution is 5.99. The van der Waals surface area contributed by atoms with Crippen LogP contribution in [0.3, 0.4) is 0 Å². The zero-order chi connectivity index (χ0) is 8.27. The zero-order valence-electron chi connectivity index (χ0n) is 6.07. The van der Waals surface area contributed by atoms with Gasteiger partial charge >= 0.3 is 0 Å². The van der Waals surface area contributed by atoms with E-state index in [9.17, 15) is 9.59 Å². The van der Waals surface area contributed by atoms with Crippen LogP contribution in [0, 0.1) is 0 Å². The fourth-order valence-corrected chi connectivity index (χ4v) is 0.718. The first-order valence-electron chi connectivity index (χ1n) is 3.10. The van der Waals surface area contributed by atoms with Crippen LogP contribution in [-0.4, -0.2) is 24.3 Å². The van der Waals surface area contributed by atoms with E-state index in [0.717, 1.165) is 0 Å². The first-order valence-corrected chi connectivity index (χ1v) is 3.10. The minimum Gasteiger partial charge on any atom is -0.329 e. The lowest BCUT2D eigenvalue weighted by Gasteiger charge is -2.02. The summed E-state index contributed by atoms with van der Waals surface area (Å²) >= 11 is 0. The minimum absolute atomic E-state index is 0.182. The summed E-state index contributed by atoms with van der Waals surface area (Å²) in [5.41, 5.74) is 0.486. The molecule has 0 aromatic carbocycles. The van der Waals surface area contributed by atoms with Crippen molar-refractivity contribution in [3.8, 4) is 0 Å². The largest absolute Gasteiger partial charge is 0.329 e. The molecule has 0 saturated carbocycles. The molecule has 0 unspecified atom stereocenters. The number of carbonyl (C=O) groups excluding carboxylic acids is 2. The Morgan fingerprint density at radius 2 is 2.36 bits per heavy atom. The van der Waals surface area contributed by atoms with Gasteiger partial charge in [-0.05, 0) is 6.08 Å². The molecule has 2 amide bonds. The van der Waals surface area contributed by atoms with E-state index in [1.165, 1.54) is 17.3 Å². The third kappa shape index (κ3) is 1.67. The summed E-state index contributed by atoms with van der Waals surface area (Å²) in [5.74, 6) is -0.182. The molecule has 11 heavy (non-hydrogen) atoms. The highest BCUT2D eigenvalue weighted by Gasteiger charge is 2.09. The van der Waals surface area contributed by atoms with Crippen LogP contribution in [0.25, 0.3) is 0 Å². The highest BCUT2D eigenvalue weighted by Crippen LogP contribution is 2.02. The predicted octanol–water partition coefficient (Wildman–Crippen LogP) is -0.398. The van der Waals surface area contributed by atoms with E-state index in [-0.39, 0.29) is 5.91 Å². The van der Waals surface area contributed by atoms with Gasteiger partial charge in [0.25, 0.3) is 5.91 Å². The van der Waals surface area contributed by atoms with Gasteiger partial charge in [0.15, 0.2) is 0 Å². The van der Waals surface area contributed by atoms with Gasteiger partial charge in [-0.1, -0.05) is 0 Å². The molecule has 0 aromatic rings. The number of nitrogens with one attached hydrogen (secondary N) is 1. The predicted molar refractivity (Wildman–Crippen MR) is 39.2 cm³/mol. The molecule has 1 aliphatic rings. The minimum atomic E-state index is -0.182. The molecular weight excluding hydrogens is 144 g/mol. The number of nitrogens with zero attached hydrogens (tertiary/aromatic N) is 1. The van der Waals surface area contributed by atoms with E-state index in [2.05, 4.69) is 5.32 Å². The van der Waals surface area contributed by atoms with Gasteiger partial charge in [0.2, 0.25) is 6.41 Å². The molecule has 1 rings (SSSR count). The van der Waals surface area contributed by atoms with Gasteiger partial charge < -0.3 is 10.2 Å². The van der Waals surface area contributed by atoms with Crippen molar-refractivity contribution in [3.05, 3.63) is 24.0 Å². The maximum Gasteiger partial charge on any atom is 0.256 e. The number of hydrogen-bond donors (Lipinski definition) is 1. The Bertz CT molecular complexity index is 243. The molecular formula is C7H8N2O2. The summed E-state index contributed by atoms with van der Waals surface area (Å²) in [6.07, 6.45) is 5.24. The average Bonchev–Trinajstić information content (AvgIpc) is 2.37. The number of rotatable bonds is 2. The second-order valence-corrected chi connectivity index (χ2v) is 2.16. The standard InChI is InChI=1S/C7H8N2O2/c1-9(5-10)4-6-2-3-8-7(6)11/h2-5H,1H3,(H,8,11). The maximum atomic E-state index is 10.8. The van der Waals surface area contributed by atoms with E-state index in [4.69, 9.17) is 0 Å². The smallest absolute Gasteiger partial charge is 0.256 e. The summed E-state index contributed by atoms with van der Waals surface area (Å²) in [5, 5.41) is 2.47. The molecule has 0 radical (unpaired) electrons. The Morgan fingerprint density at radius 3 is 2.82 bits per heavy atom. The lowest BCUT2D eigenvalue weighted by Crippen LogP contribution is -2.15. The second kappa shape index (κ2) is 3.01. The van der Waals surface area contributed by atoms with Crippen molar-refractivity contribution in [2.45, 2.75) is 0 Å². The van der Waals surface area contributed by atoms with Crippen molar-refractivity contribution in [1.29, 1.82) is 0 Å². The van der Waals surface area contributed by atoms with Crippen molar-refractivity contribution in [2.24, 2.45) is 0 Å². The molecule has 0 spiro atoms. The van der Waals surface area contributed by atoms with Crippen molar-refractivity contribution >= 4 is 12.3 Å². The van der Waals surface area contributed by atoms with Gasteiger partial charge in [-0.15, -0.1) is 0 Å². The molecule has 4 heteroatoms. The van der Waals surface area contributed by atoms with Gasteiger partial charge in [-0.3, -0.25) is 9.59 Å². The maximum absolute atomic E-state index is 10.8. The molecule has 58 valence electrons. The molecule has 4 nitrogen and oxygen atoms in total. The summed E-state index contributed by atoms with van der Waals surface area (Å²) < 4.78 is 0. The Hall–Kier alpha value is -1.58. The molecule has 1 aliphatic heterocycles. The highest BCUT2D eigenvalue weighted by atomic mass is 16.2. The number of amides is 2. The van der Waals surface area contributed by atoms with Crippen LogP contribution in [0.4, 0.5) is 0 Å². The van der Waals surface area contributed by atoms with Crippen molar-refractivity contribution in [1.82, 2.24) is 10.2 Å². The summed E-state index contributed by atoms with van der Waals surface area (Å²) in [6, 6.07) is 0. The SMILES string of the molecule is CN(C=O)C=C1C=CNC1=O. The van der Waals surface area contributed by atoms with Crippen LogP contribution in [0.15, 0.2) is 24.0 Å². The van der Waals surface area contributed by atoms with Crippen LogP contribution in [0.2, 0.25) is 0 Å². The molecule has 0 aromatic heterocycles. The fourth-order valence-electron chi connectivity index (χ4n) is 0.718. The third-order valence-corrected chi connectivity index (χ3v) is 1.25. The average molecular weight is 152 g/mol. The van der Waals surface area contributed by atoms with E-state index in [0.29, 0.717) is 12.0 Å². The van der Waals surface area contributed by atoms with Crippen LogP contribution < -0.4 is 5.32 Å². The second-order valence-electron chi connectivity index (χ2n) is 2.16. The lowest BCUT2D eigenvalue weighted by atomic mass is 10.3. The fraction of sp³-hybridized carbons (Fsp3) is 0.143. The molecule has 0 atom stereocenters. The molecule has 0 aliphatic carbocycles. The van der Waals surface area contributed by atoms with Gasteiger partial charge in [0.1, 0.15) is 0 Å². The van der Waals surface area contributed by atoms with E-state index in [1.54, 1.807) is 13.1 Å². The van der Waals surface area contributed by atoms with Gasteiger partial charge in [0, 0.05) is 19.4 Å². The van der Waals surface area contributed by atoms with Crippen molar-refractivity contribution < 1.29 is 9.59 Å². The quantitative estimate of drug-likeness (QED) is 0.432. The normalized spacial score (nSPS) is 18.6. The topological polar surface area (TPSA) is 49.4 Å². The zero-order valence-corrected chi connectivity index (χ0v) is 6.07. The van der Waals surface area contributed by atoms with Crippen molar-refractivity contribution in [3.63, 3.8) is 0 Å². The van der Waals surface area contributed by atoms with Crippen LogP contribution in [0.5, 0.6) is 0 Å². The Kier molecular flexibility index (Phi) is 2.06. The summed E-state index contributed by atoms with van der Waals surface area (Å²) in [7, 11) is 1.57. The molecule has 0 saturated heterocycles. The van der Waals surface area contributed by atoms with Gasteiger partial charge in [-0.25, -0.2) is 0 Å². The van der Waals surface area contributed by atoms with E-state index >= 15 is 0 Å².